The van der Waals surface area contributed by atoms with Gasteiger partial charge in [-0.05, 0) is 6.42 Å². The number of nitriles is 1. The van der Waals surface area contributed by atoms with Gasteiger partial charge in [0.2, 0.25) is 0 Å². The maximum atomic E-state index is 10.9. The molecule has 0 amide bonds. The minimum Gasteiger partial charge on any atom is -0.464 e. The monoisotopic (exact) mass is 185 g/mol. The van der Waals surface area contributed by atoms with Crippen LogP contribution in [0.4, 0.5) is 0 Å². The lowest BCUT2D eigenvalue weighted by atomic mass is 10.4. The van der Waals surface area contributed by atoms with E-state index in [2.05, 4.69) is 0 Å². The molecule has 0 spiro atoms. The molecule has 0 heterocycles. The van der Waals surface area contributed by atoms with E-state index >= 15 is 0 Å². The maximum Gasteiger partial charge on any atom is 0.332 e. The van der Waals surface area contributed by atoms with Crippen molar-refractivity contribution in [1.82, 2.24) is 0 Å². The van der Waals surface area contributed by atoms with Gasteiger partial charge in [-0.2, -0.15) is 5.26 Å². The second kappa shape index (κ2) is 9.01. The Hall–Kier alpha value is -1.08. The van der Waals surface area contributed by atoms with Crippen molar-refractivity contribution in [3.05, 3.63) is 0 Å². The highest BCUT2D eigenvalue weighted by Crippen LogP contribution is 1.89. The molecule has 13 heavy (non-hydrogen) atoms. The van der Waals surface area contributed by atoms with Crippen LogP contribution >= 0.6 is 0 Å². The Kier molecular flexibility index (Phi) is 8.26. The Labute approximate surface area is 78.4 Å². The molecule has 0 unspecified atom stereocenters. The van der Waals surface area contributed by atoms with Crippen molar-refractivity contribution in [3.63, 3.8) is 0 Å². The van der Waals surface area contributed by atoms with E-state index in [1.165, 1.54) is 0 Å². The van der Waals surface area contributed by atoms with Crippen LogP contribution in [0.25, 0.3) is 0 Å². The number of hydrogen-bond acceptors (Lipinski definition) is 4. The summed E-state index contributed by atoms with van der Waals surface area (Å²) in [6.07, 6.45) is 2.19. The van der Waals surface area contributed by atoms with Crippen LogP contribution in [0, 0.1) is 11.3 Å². The number of rotatable bonds is 7. The van der Waals surface area contributed by atoms with Gasteiger partial charge >= 0.3 is 5.97 Å². The van der Waals surface area contributed by atoms with Crippen molar-refractivity contribution in [2.24, 2.45) is 0 Å². The van der Waals surface area contributed by atoms with Gasteiger partial charge in [-0.3, -0.25) is 0 Å². The van der Waals surface area contributed by atoms with Gasteiger partial charge in [0, 0.05) is 0 Å². The van der Waals surface area contributed by atoms with Gasteiger partial charge in [-0.25, -0.2) is 4.79 Å². The summed E-state index contributed by atoms with van der Waals surface area (Å²) in [6.45, 7) is 2.72. The molecule has 0 rings (SSSR count). The van der Waals surface area contributed by atoms with Gasteiger partial charge in [0.1, 0.15) is 6.61 Å². The van der Waals surface area contributed by atoms with Gasteiger partial charge in [0.15, 0.2) is 0 Å². The van der Waals surface area contributed by atoms with E-state index in [9.17, 15) is 4.79 Å². The number of esters is 1. The summed E-state index contributed by atoms with van der Waals surface area (Å²) in [6, 6.07) is 1.92. The minimum atomic E-state index is -0.355. The highest BCUT2D eigenvalue weighted by molar-refractivity contribution is 5.70. The number of nitrogens with zero attached hydrogens (tertiary/aromatic N) is 1. The number of hydrogen-bond donors (Lipinski definition) is 0. The number of ether oxygens (including phenoxy) is 2. The first kappa shape index (κ1) is 11.9. The van der Waals surface area contributed by atoms with Crippen molar-refractivity contribution in [2.45, 2.75) is 26.2 Å². The second-order valence-electron chi connectivity index (χ2n) is 2.53. The van der Waals surface area contributed by atoms with Gasteiger partial charge in [0.25, 0.3) is 0 Å². The predicted molar refractivity (Wildman–Crippen MR) is 46.9 cm³/mol. The van der Waals surface area contributed by atoms with Gasteiger partial charge in [-0.1, -0.05) is 13.3 Å². The molecule has 0 atom stereocenters. The molecule has 0 aliphatic carbocycles. The van der Waals surface area contributed by atoms with Crippen LogP contribution in [0.2, 0.25) is 0 Å². The quantitative estimate of drug-likeness (QED) is 0.442. The Balaban J connectivity index is 3.16. The van der Waals surface area contributed by atoms with Gasteiger partial charge in [0.05, 0.1) is 25.7 Å². The molecule has 0 saturated heterocycles. The van der Waals surface area contributed by atoms with Crippen LogP contribution < -0.4 is 0 Å². The Morgan fingerprint density at radius 3 is 2.85 bits per heavy atom. The number of carbonyl (C=O) groups is 1. The third-order valence-corrected chi connectivity index (χ3v) is 1.34. The SMILES string of the molecule is CCCCOC(=O)COCCC#N. The lowest BCUT2D eigenvalue weighted by Gasteiger charge is -2.03. The molecule has 74 valence electrons. The van der Waals surface area contributed by atoms with Crippen molar-refractivity contribution in [2.75, 3.05) is 19.8 Å². The van der Waals surface area contributed by atoms with E-state index < -0.39 is 0 Å². The average molecular weight is 185 g/mol. The molecule has 0 radical (unpaired) electrons. The Morgan fingerprint density at radius 1 is 1.46 bits per heavy atom. The summed E-state index contributed by atoms with van der Waals surface area (Å²) < 4.78 is 9.69. The lowest BCUT2D eigenvalue weighted by Crippen LogP contribution is -2.13. The molecule has 0 aliphatic heterocycles. The van der Waals surface area contributed by atoms with E-state index in [4.69, 9.17) is 14.7 Å². The van der Waals surface area contributed by atoms with Gasteiger partial charge in [-0.15, -0.1) is 0 Å². The highest BCUT2D eigenvalue weighted by Gasteiger charge is 2.01. The van der Waals surface area contributed by atoms with Gasteiger partial charge < -0.3 is 9.47 Å². The molecular weight excluding hydrogens is 170 g/mol. The molecule has 0 aromatic carbocycles. The first-order chi connectivity index (χ1) is 6.31. The van der Waals surface area contributed by atoms with E-state index in [0.29, 0.717) is 19.6 Å². The topological polar surface area (TPSA) is 59.3 Å². The summed E-state index contributed by atoms with van der Waals surface area (Å²) in [5, 5.41) is 8.16. The third-order valence-electron chi connectivity index (χ3n) is 1.34. The average Bonchev–Trinajstić information content (AvgIpc) is 2.13. The summed E-state index contributed by atoms with van der Waals surface area (Å²) in [5.74, 6) is -0.355. The fraction of sp³-hybridized carbons (Fsp3) is 0.778. The van der Waals surface area contributed by atoms with E-state index in [1.54, 1.807) is 0 Å². The second-order valence-corrected chi connectivity index (χ2v) is 2.53. The van der Waals surface area contributed by atoms with E-state index in [0.717, 1.165) is 12.8 Å². The Morgan fingerprint density at radius 2 is 2.23 bits per heavy atom. The third kappa shape index (κ3) is 8.83. The summed E-state index contributed by atoms with van der Waals surface area (Å²) in [7, 11) is 0. The fourth-order valence-corrected chi connectivity index (χ4v) is 0.645. The first-order valence-corrected chi connectivity index (χ1v) is 4.41. The zero-order chi connectivity index (χ0) is 9.94. The van der Waals surface area contributed by atoms with Crippen LogP contribution in [-0.2, 0) is 14.3 Å². The zero-order valence-corrected chi connectivity index (χ0v) is 7.91. The predicted octanol–water partition coefficient (Wildman–Crippen LogP) is 1.26. The highest BCUT2D eigenvalue weighted by atomic mass is 16.6. The number of unbranched alkanes of at least 4 members (excludes halogenated alkanes) is 1. The molecular formula is C9H15NO3. The maximum absolute atomic E-state index is 10.9. The largest absolute Gasteiger partial charge is 0.464 e. The normalized spacial score (nSPS) is 9.23. The smallest absolute Gasteiger partial charge is 0.332 e. The molecule has 4 nitrogen and oxygen atoms in total. The molecule has 0 bridgehead atoms. The summed E-state index contributed by atoms with van der Waals surface area (Å²) >= 11 is 0. The minimum absolute atomic E-state index is 0.0502. The summed E-state index contributed by atoms with van der Waals surface area (Å²) in [5.41, 5.74) is 0. The van der Waals surface area contributed by atoms with Crippen molar-refractivity contribution in [3.8, 4) is 6.07 Å². The lowest BCUT2D eigenvalue weighted by molar-refractivity contribution is -0.149. The van der Waals surface area contributed by atoms with Crippen LogP contribution in [0.3, 0.4) is 0 Å². The van der Waals surface area contributed by atoms with Crippen molar-refractivity contribution < 1.29 is 14.3 Å². The molecule has 0 N–H and O–H groups in total. The number of carbonyl (C=O) groups excluding carboxylic acids is 1. The molecule has 0 aromatic heterocycles. The van der Waals surface area contributed by atoms with Crippen LogP contribution in [0.1, 0.15) is 26.2 Å². The Bertz CT molecular complexity index is 174. The zero-order valence-electron chi connectivity index (χ0n) is 7.91. The standard InChI is InChI=1S/C9H15NO3/c1-2-3-7-13-9(11)8-12-6-4-5-10/h2-4,6-8H2,1H3. The van der Waals surface area contributed by atoms with E-state index in [-0.39, 0.29) is 12.6 Å². The first-order valence-electron chi connectivity index (χ1n) is 4.41. The van der Waals surface area contributed by atoms with Crippen LogP contribution in [0.15, 0.2) is 0 Å². The molecule has 0 aliphatic rings. The molecule has 0 saturated carbocycles. The van der Waals surface area contributed by atoms with Crippen LogP contribution in [-0.4, -0.2) is 25.8 Å². The van der Waals surface area contributed by atoms with Crippen molar-refractivity contribution in [1.29, 1.82) is 5.26 Å². The molecule has 4 heteroatoms. The van der Waals surface area contributed by atoms with Crippen molar-refractivity contribution >= 4 is 5.97 Å². The summed E-state index contributed by atoms with van der Waals surface area (Å²) in [4.78, 5) is 10.9. The molecule has 0 aromatic rings. The molecule has 0 fully saturated rings. The fourth-order valence-electron chi connectivity index (χ4n) is 0.645. The van der Waals surface area contributed by atoms with E-state index in [1.807, 2.05) is 13.0 Å². The van der Waals surface area contributed by atoms with Crippen LogP contribution in [0.5, 0.6) is 0 Å².